The molecule has 5 rings (SSSR count). The van der Waals surface area contributed by atoms with Gasteiger partial charge in [-0.15, -0.1) is 0 Å². The molecule has 0 spiro atoms. The van der Waals surface area contributed by atoms with Gasteiger partial charge in [-0.2, -0.15) is 0 Å². The minimum absolute atomic E-state index is 0.0712. The summed E-state index contributed by atoms with van der Waals surface area (Å²) < 4.78 is 47.4. The van der Waals surface area contributed by atoms with Gasteiger partial charge in [0.1, 0.15) is 18.1 Å². The molecule has 3 aromatic carbocycles. The molecule has 176 valence electrons. The number of benzene rings is 3. The molecule has 1 fully saturated rings. The fourth-order valence-corrected chi connectivity index (χ4v) is 6.23. The lowest BCUT2D eigenvalue weighted by Gasteiger charge is -2.38. The van der Waals surface area contributed by atoms with Crippen LogP contribution >= 0.6 is 0 Å². The van der Waals surface area contributed by atoms with E-state index in [0.717, 1.165) is 15.7 Å². The first-order chi connectivity index (χ1) is 16.4. The Bertz CT molecular complexity index is 1350. The summed E-state index contributed by atoms with van der Waals surface area (Å²) in [6.07, 6.45) is 0. The maximum Gasteiger partial charge on any atom is 0.265 e. The number of hydrogen-bond acceptors (Lipinski definition) is 5. The molecule has 1 amide bonds. The summed E-state index contributed by atoms with van der Waals surface area (Å²) in [5, 5.41) is 0. The van der Waals surface area contributed by atoms with Crippen LogP contribution in [0.2, 0.25) is 0 Å². The quantitative estimate of drug-likeness (QED) is 0.572. The van der Waals surface area contributed by atoms with E-state index in [4.69, 9.17) is 4.74 Å². The number of para-hydroxylation sites is 2. The zero-order valence-electron chi connectivity index (χ0n) is 18.6. The minimum Gasteiger partial charge on any atom is -0.495 e. The van der Waals surface area contributed by atoms with Crippen molar-refractivity contribution in [2.45, 2.75) is 4.90 Å². The van der Waals surface area contributed by atoms with Crippen molar-refractivity contribution in [2.75, 3.05) is 49.0 Å². The van der Waals surface area contributed by atoms with Gasteiger partial charge in [-0.05, 0) is 36.4 Å². The number of carbonyl (C=O) groups is 1. The van der Waals surface area contributed by atoms with E-state index in [1.165, 1.54) is 24.3 Å². The molecule has 7 nitrogen and oxygen atoms in total. The van der Waals surface area contributed by atoms with E-state index in [9.17, 15) is 17.6 Å². The number of sulfonamides is 1. The Labute approximate surface area is 198 Å². The summed E-state index contributed by atoms with van der Waals surface area (Å²) >= 11 is 0. The van der Waals surface area contributed by atoms with Crippen LogP contribution in [0, 0.1) is 5.82 Å². The third-order valence-electron chi connectivity index (χ3n) is 6.31. The zero-order chi connectivity index (χ0) is 23.9. The standard InChI is InChI=1S/C25H24FN3O4S/c1-33-23-8-4-3-7-22(23)27-12-14-28(15-13-27)25(30)17-29-21-11-10-18(26)16-20(21)19-6-2-5-9-24(19)34(29,31)32/h2-11,16H,12-15,17H2,1H3. The molecule has 9 heteroatoms. The Hall–Kier alpha value is -3.59. The maximum absolute atomic E-state index is 14.0. The average molecular weight is 482 g/mol. The van der Waals surface area contributed by atoms with E-state index in [0.29, 0.717) is 43.0 Å². The number of hydrogen-bond donors (Lipinski definition) is 0. The van der Waals surface area contributed by atoms with Gasteiger partial charge < -0.3 is 14.5 Å². The second-order valence-corrected chi connectivity index (χ2v) is 10.0. The van der Waals surface area contributed by atoms with Crippen molar-refractivity contribution in [3.05, 3.63) is 72.5 Å². The third kappa shape index (κ3) is 3.75. The van der Waals surface area contributed by atoms with Gasteiger partial charge in [0.2, 0.25) is 5.91 Å². The second-order valence-electron chi connectivity index (χ2n) is 8.21. The first kappa shape index (κ1) is 22.2. The molecule has 2 aliphatic rings. The smallest absolute Gasteiger partial charge is 0.265 e. The molecule has 0 unspecified atom stereocenters. The van der Waals surface area contributed by atoms with Crippen LogP contribution in [-0.4, -0.2) is 59.1 Å². The van der Waals surface area contributed by atoms with E-state index in [2.05, 4.69) is 4.90 Å². The molecule has 2 aliphatic heterocycles. The molecule has 0 atom stereocenters. The number of ether oxygens (including phenoxy) is 1. The van der Waals surface area contributed by atoms with Gasteiger partial charge in [0.05, 0.1) is 23.4 Å². The Morgan fingerprint density at radius 3 is 2.38 bits per heavy atom. The highest BCUT2D eigenvalue weighted by Gasteiger charge is 2.37. The molecule has 0 aromatic heterocycles. The molecule has 1 saturated heterocycles. The van der Waals surface area contributed by atoms with Crippen LogP contribution in [0.25, 0.3) is 11.1 Å². The van der Waals surface area contributed by atoms with Crippen LogP contribution in [0.15, 0.2) is 71.6 Å². The normalized spacial score (nSPS) is 16.6. The lowest BCUT2D eigenvalue weighted by Crippen LogP contribution is -2.52. The summed E-state index contributed by atoms with van der Waals surface area (Å²) in [6, 6.07) is 18.1. The lowest BCUT2D eigenvalue weighted by atomic mass is 10.0. The highest BCUT2D eigenvalue weighted by atomic mass is 32.2. The summed E-state index contributed by atoms with van der Waals surface area (Å²) in [5.41, 5.74) is 2.16. The van der Waals surface area contributed by atoms with Crippen molar-refractivity contribution in [2.24, 2.45) is 0 Å². The number of piperazine rings is 1. The fraction of sp³-hybridized carbons (Fsp3) is 0.240. The van der Waals surface area contributed by atoms with Crippen molar-refractivity contribution < 1.29 is 22.3 Å². The maximum atomic E-state index is 14.0. The number of amides is 1. The zero-order valence-corrected chi connectivity index (χ0v) is 19.5. The van der Waals surface area contributed by atoms with Crippen LogP contribution in [0.3, 0.4) is 0 Å². The van der Waals surface area contributed by atoms with Crippen LogP contribution in [0.1, 0.15) is 0 Å². The van der Waals surface area contributed by atoms with Crippen molar-refractivity contribution in [1.82, 2.24) is 4.90 Å². The molecule has 0 radical (unpaired) electrons. The van der Waals surface area contributed by atoms with Gasteiger partial charge in [-0.1, -0.05) is 30.3 Å². The van der Waals surface area contributed by atoms with E-state index in [1.807, 2.05) is 24.3 Å². The topological polar surface area (TPSA) is 70.2 Å². The third-order valence-corrected chi connectivity index (χ3v) is 8.13. The fourth-order valence-electron chi connectivity index (χ4n) is 4.58. The summed E-state index contributed by atoms with van der Waals surface area (Å²) in [5.74, 6) is 0.00804. The number of fused-ring (bicyclic) bond motifs is 3. The molecular formula is C25H24FN3O4S. The van der Waals surface area contributed by atoms with Gasteiger partial charge >= 0.3 is 0 Å². The van der Waals surface area contributed by atoms with Crippen LogP contribution < -0.4 is 13.9 Å². The number of methoxy groups -OCH3 is 1. The molecule has 0 N–H and O–H groups in total. The van der Waals surface area contributed by atoms with E-state index in [1.54, 1.807) is 30.2 Å². The van der Waals surface area contributed by atoms with Crippen molar-refractivity contribution in [1.29, 1.82) is 0 Å². The monoisotopic (exact) mass is 481 g/mol. The van der Waals surface area contributed by atoms with Gasteiger partial charge in [0.15, 0.2) is 0 Å². The highest BCUT2D eigenvalue weighted by Crippen LogP contribution is 2.43. The molecule has 0 bridgehead atoms. The molecule has 34 heavy (non-hydrogen) atoms. The van der Waals surface area contributed by atoms with E-state index in [-0.39, 0.29) is 17.3 Å². The molecule has 0 saturated carbocycles. The predicted molar refractivity (Wildman–Crippen MR) is 128 cm³/mol. The van der Waals surface area contributed by atoms with Crippen LogP contribution in [-0.2, 0) is 14.8 Å². The number of carbonyl (C=O) groups excluding carboxylic acids is 1. The van der Waals surface area contributed by atoms with Crippen LogP contribution in [0.4, 0.5) is 15.8 Å². The van der Waals surface area contributed by atoms with E-state index < -0.39 is 15.8 Å². The van der Waals surface area contributed by atoms with Gasteiger partial charge in [0, 0.05) is 37.3 Å². The number of halogens is 1. The van der Waals surface area contributed by atoms with Crippen molar-refractivity contribution >= 4 is 27.3 Å². The molecule has 2 heterocycles. The average Bonchev–Trinajstić information content (AvgIpc) is 2.86. The number of anilines is 2. The summed E-state index contributed by atoms with van der Waals surface area (Å²) in [7, 11) is -2.34. The first-order valence-electron chi connectivity index (χ1n) is 11.0. The van der Waals surface area contributed by atoms with Crippen molar-refractivity contribution in [3.8, 4) is 16.9 Å². The number of rotatable bonds is 4. The summed E-state index contributed by atoms with van der Waals surface area (Å²) in [6.45, 7) is 1.77. The second kappa shape index (κ2) is 8.64. The van der Waals surface area contributed by atoms with E-state index >= 15 is 0 Å². The summed E-state index contributed by atoms with van der Waals surface area (Å²) in [4.78, 5) is 17.1. The molecule has 3 aromatic rings. The van der Waals surface area contributed by atoms with Crippen LogP contribution in [0.5, 0.6) is 5.75 Å². The van der Waals surface area contributed by atoms with Gasteiger partial charge in [-0.25, -0.2) is 12.8 Å². The Morgan fingerprint density at radius 2 is 1.62 bits per heavy atom. The highest BCUT2D eigenvalue weighted by molar-refractivity contribution is 7.93. The van der Waals surface area contributed by atoms with Gasteiger partial charge in [0.25, 0.3) is 10.0 Å². The number of nitrogens with zero attached hydrogens (tertiary/aromatic N) is 3. The lowest BCUT2D eigenvalue weighted by molar-refractivity contribution is -0.129. The predicted octanol–water partition coefficient (Wildman–Crippen LogP) is 3.36. The Kier molecular flexibility index (Phi) is 5.65. The Morgan fingerprint density at radius 1 is 0.912 bits per heavy atom. The largest absolute Gasteiger partial charge is 0.495 e. The molecular weight excluding hydrogens is 457 g/mol. The minimum atomic E-state index is -3.97. The SMILES string of the molecule is COc1ccccc1N1CCN(C(=O)CN2c3ccc(F)cc3-c3ccccc3S2(=O)=O)CC1. The van der Waals surface area contributed by atoms with Crippen molar-refractivity contribution in [3.63, 3.8) is 0 Å². The Balaban J connectivity index is 1.37. The first-order valence-corrected chi connectivity index (χ1v) is 12.4. The molecule has 0 aliphatic carbocycles. The van der Waals surface area contributed by atoms with Gasteiger partial charge in [-0.3, -0.25) is 9.10 Å².